The highest BCUT2D eigenvalue weighted by atomic mass is 16.1. The predicted octanol–water partition coefficient (Wildman–Crippen LogP) is -0.214. The lowest BCUT2D eigenvalue weighted by atomic mass is 10.4. The molecule has 1 aromatic rings. The average Bonchev–Trinajstić information content (AvgIpc) is 2.21. The van der Waals surface area contributed by atoms with Gasteiger partial charge in [0.1, 0.15) is 5.69 Å². The van der Waals surface area contributed by atoms with Crippen molar-refractivity contribution >= 4 is 11.5 Å². The van der Waals surface area contributed by atoms with E-state index in [9.17, 15) is 4.79 Å². The van der Waals surface area contributed by atoms with Gasteiger partial charge in [0.15, 0.2) is 5.82 Å². The van der Waals surface area contributed by atoms with E-state index in [1.165, 1.54) is 6.33 Å². The molecule has 0 saturated carbocycles. The molecular weight excluding hydrogens is 206 g/mol. The molecule has 6 nitrogen and oxygen atoms in total. The molecule has 0 radical (unpaired) electrons. The molecule has 0 aliphatic heterocycles. The molecule has 0 aliphatic rings. The van der Waals surface area contributed by atoms with E-state index in [1.54, 1.807) is 0 Å². The Morgan fingerprint density at radius 2 is 2.31 bits per heavy atom. The van der Waals surface area contributed by atoms with E-state index in [0.29, 0.717) is 11.9 Å². The van der Waals surface area contributed by atoms with Gasteiger partial charge in [-0.1, -0.05) is 13.8 Å². The Hall–Kier alpha value is -1.56. The number of H-pyrrole nitrogens is 1. The molecule has 90 valence electrons. The summed E-state index contributed by atoms with van der Waals surface area (Å²) in [6, 6.07) is 0.442. The molecular formula is C10H19N5O. The molecule has 1 heterocycles. The predicted molar refractivity (Wildman–Crippen MR) is 65.7 cm³/mol. The Bertz CT molecular complexity index is 387. The zero-order valence-corrected chi connectivity index (χ0v) is 9.95. The lowest BCUT2D eigenvalue weighted by molar-refractivity contribution is 0.588. The summed E-state index contributed by atoms with van der Waals surface area (Å²) in [6.45, 7) is 5.74. The fourth-order valence-corrected chi connectivity index (χ4v) is 1.33. The Kier molecular flexibility index (Phi) is 4.30. The molecule has 16 heavy (non-hydrogen) atoms. The Balaban J connectivity index is 2.62. The Labute approximate surface area is 94.9 Å². The van der Waals surface area contributed by atoms with Crippen LogP contribution in [-0.2, 0) is 0 Å². The van der Waals surface area contributed by atoms with Crippen molar-refractivity contribution in [1.82, 2.24) is 15.3 Å². The van der Waals surface area contributed by atoms with Gasteiger partial charge in [-0.3, -0.25) is 4.79 Å². The van der Waals surface area contributed by atoms with Crippen LogP contribution in [0.2, 0.25) is 0 Å². The van der Waals surface area contributed by atoms with Crippen LogP contribution in [0.1, 0.15) is 13.8 Å². The Morgan fingerprint density at radius 3 is 2.94 bits per heavy atom. The van der Waals surface area contributed by atoms with Crippen molar-refractivity contribution < 1.29 is 0 Å². The monoisotopic (exact) mass is 225 g/mol. The van der Waals surface area contributed by atoms with Gasteiger partial charge in [-0.15, -0.1) is 0 Å². The minimum Gasteiger partial charge on any atom is -0.391 e. The van der Waals surface area contributed by atoms with Crippen LogP contribution in [0, 0.1) is 0 Å². The molecule has 1 aromatic heterocycles. The molecule has 0 amide bonds. The molecule has 0 spiro atoms. The first-order valence-corrected chi connectivity index (χ1v) is 5.30. The van der Waals surface area contributed by atoms with Crippen LogP contribution in [-0.4, -0.2) is 36.1 Å². The summed E-state index contributed by atoms with van der Waals surface area (Å²) in [6.07, 6.45) is 1.36. The highest BCUT2D eigenvalue weighted by Crippen LogP contribution is 2.11. The summed E-state index contributed by atoms with van der Waals surface area (Å²) >= 11 is 0. The largest absolute Gasteiger partial charge is 0.391 e. The van der Waals surface area contributed by atoms with Gasteiger partial charge in [-0.05, 0) is 0 Å². The maximum Gasteiger partial charge on any atom is 0.276 e. The van der Waals surface area contributed by atoms with Crippen molar-refractivity contribution in [3.63, 3.8) is 0 Å². The second-order valence-corrected chi connectivity index (χ2v) is 4.00. The van der Waals surface area contributed by atoms with Crippen LogP contribution < -0.4 is 21.5 Å². The maximum absolute atomic E-state index is 11.3. The van der Waals surface area contributed by atoms with Crippen molar-refractivity contribution in [1.29, 1.82) is 0 Å². The van der Waals surface area contributed by atoms with Crippen LogP contribution in [0.25, 0.3) is 0 Å². The van der Waals surface area contributed by atoms with Gasteiger partial charge in [0.05, 0.1) is 6.33 Å². The number of nitrogen functional groups attached to an aromatic ring is 1. The molecule has 0 saturated heterocycles. The molecule has 1 rings (SSSR count). The number of likely N-dealkylation sites (N-methyl/N-ethyl adjacent to an activating group) is 1. The molecule has 0 fully saturated rings. The van der Waals surface area contributed by atoms with Crippen LogP contribution in [0.4, 0.5) is 11.5 Å². The number of anilines is 2. The number of rotatable bonds is 5. The number of aromatic nitrogens is 2. The number of hydrogen-bond acceptors (Lipinski definition) is 5. The molecule has 4 N–H and O–H groups in total. The second-order valence-electron chi connectivity index (χ2n) is 4.00. The van der Waals surface area contributed by atoms with Gasteiger partial charge in [0.2, 0.25) is 0 Å². The van der Waals surface area contributed by atoms with Crippen molar-refractivity contribution in [2.24, 2.45) is 0 Å². The van der Waals surface area contributed by atoms with Gasteiger partial charge >= 0.3 is 0 Å². The van der Waals surface area contributed by atoms with E-state index in [2.05, 4.69) is 29.1 Å². The van der Waals surface area contributed by atoms with Crippen molar-refractivity contribution in [3.8, 4) is 0 Å². The zero-order chi connectivity index (χ0) is 12.1. The zero-order valence-electron chi connectivity index (χ0n) is 9.95. The summed E-state index contributed by atoms with van der Waals surface area (Å²) in [5, 5.41) is 3.28. The first kappa shape index (κ1) is 12.5. The highest BCUT2D eigenvalue weighted by molar-refractivity contribution is 5.60. The topological polar surface area (TPSA) is 87.0 Å². The lowest BCUT2D eigenvalue weighted by Gasteiger charge is -2.20. The van der Waals surface area contributed by atoms with E-state index in [0.717, 1.165) is 13.1 Å². The third-order valence-corrected chi connectivity index (χ3v) is 2.23. The fraction of sp³-hybridized carbons (Fsp3) is 0.600. The van der Waals surface area contributed by atoms with Crippen LogP contribution in [0.15, 0.2) is 11.1 Å². The summed E-state index contributed by atoms with van der Waals surface area (Å²) in [5.41, 5.74) is 5.51. The van der Waals surface area contributed by atoms with Gasteiger partial charge in [0.25, 0.3) is 5.56 Å². The second kappa shape index (κ2) is 5.50. The van der Waals surface area contributed by atoms with Gasteiger partial charge in [-0.25, -0.2) is 4.98 Å². The third-order valence-electron chi connectivity index (χ3n) is 2.23. The number of aromatic amines is 1. The molecule has 0 bridgehead atoms. The van der Waals surface area contributed by atoms with Crippen LogP contribution in [0.3, 0.4) is 0 Å². The third kappa shape index (κ3) is 3.23. The summed E-state index contributed by atoms with van der Waals surface area (Å²) in [4.78, 5) is 19.6. The van der Waals surface area contributed by atoms with E-state index >= 15 is 0 Å². The minimum atomic E-state index is -0.298. The quantitative estimate of drug-likeness (QED) is 0.645. The standard InChI is InChI=1S/C10H19N5O/c1-7(2)12-4-5-15(3)9-8(11)10(16)14-6-13-9/h6-7,12H,4-5,11H2,1-3H3,(H,13,14,16). The summed E-state index contributed by atoms with van der Waals surface area (Å²) < 4.78 is 0. The van der Waals surface area contributed by atoms with Gasteiger partial charge in [-0.2, -0.15) is 0 Å². The fourth-order valence-electron chi connectivity index (χ4n) is 1.33. The van der Waals surface area contributed by atoms with Crippen molar-refractivity contribution in [3.05, 3.63) is 16.7 Å². The SMILES string of the molecule is CC(C)NCCN(C)c1nc[nH]c(=O)c1N. The average molecular weight is 225 g/mol. The van der Waals surface area contributed by atoms with Crippen molar-refractivity contribution in [2.45, 2.75) is 19.9 Å². The van der Waals surface area contributed by atoms with E-state index < -0.39 is 0 Å². The molecule has 0 unspecified atom stereocenters. The number of hydrogen-bond donors (Lipinski definition) is 3. The molecule has 0 aliphatic carbocycles. The van der Waals surface area contributed by atoms with Crippen molar-refractivity contribution in [2.75, 3.05) is 30.8 Å². The molecule has 6 heteroatoms. The van der Waals surface area contributed by atoms with Crippen LogP contribution >= 0.6 is 0 Å². The van der Waals surface area contributed by atoms with Gasteiger partial charge < -0.3 is 20.9 Å². The smallest absolute Gasteiger partial charge is 0.276 e. The molecule has 0 aromatic carbocycles. The molecule has 0 atom stereocenters. The van der Waals surface area contributed by atoms with Crippen LogP contribution in [0.5, 0.6) is 0 Å². The lowest BCUT2D eigenvalue weighted by Crippen LogP contribution is -2.34. The van der Waals surface area contributed by atoms with E-state index in [1.807, 2.05) is 11.9 Å². The maximum atomic E-state index is 11.3. The number of nitrogens with one attached hydrogen (secondary N) is 2. The minimum absolute atomic E-state index is 0.162. The van der Waals surface area contributed by atoms with E-state index in [-0.39, 0.29) is 11.2 Å². The first-order valence-electron chi connectivity index (χ1n) is 5.30. The number of nitrogens with zero attached hydrogens (tertiary/aromatic N) is 2. The first-order chi connectivity index (χ1) is 7.52. The summed E-state index contributed by atoms with van der Waals surface area (Å²) in [7, 11) is 1.86. The highest BCUT2D eigenvalue weighted by Gasteiger charge is 2.09. The van der Waals surface area contributed by atoms with E-state index in [4.69, 9.17) is 5.73 Å². The Morgan fingerprint density at radius 1 is 1.62 bits per heavy atom. The number of nitrogens with two attached hydrogens (primary N) is 1. The normalized spacial score (nSPS) is 10.8. The summed E-state index contributed by atoms with van der Waals surface area (Å²) in [5.74, 6) is 0.523. The van der Waals surface area contributed by atoms with Gasteiger partial charge in [0, 0.05) is 26.2 Å².